The normalized spacial score (nSPS) is 12.2. The van der Waals surface area contributed by atoms with Crippen molar-refractivity contribution in [2.45, 2.75) is 12.1 Å². The largest absolute Gasteiger partial charge is 0.460 e. The summed E-state index contributed by atoms with van der Waals surface area (Å²) >= 11 is 0. The summed E-state index contributed by atoms with van der Waals surface area (Å²) in [7, 11) is 1.70. The van der Waals surface area contributed by atoms with Crippen LogP contribution in [0, 0.1) is 0 Å². The first kappa shape index (κ1) is 48.0. The van der Waals surface area contributed by atoms with Gasteiger partial charge in [0.1, 0.15) is 13.2 Å². The van der Waals surface area contributed by atoms with E-state index in [2.05, 4.69) is 29.6 Å². The SMILES string of the molecule is CN(CCOCCOCCOCCOCCOCCOCCOCCOC(=O)c1ccccc1Nc1cccc(C(F)(F)F)c1)C(=O)OCC1c2ccccc2-c2ccccc21. The van der Waals surface area contributed by atoms with Crippen molar-refractivity contribution in [3.8, 4) is 11.1 Å². The number of halogens is 3. The van der Waals surface area contributed by atoms with Gasteiger partial charge in [0.25, 0.3) is 0 Å². The number of carbonyl (C=O) groups excluding carboxylic acids is 2. The Morgan fingerprint density at radius 1 is 0.565 bits per heavy atom. The number of hydrogen-bond acceptors (Lipinski definition) is 12. The van der Waals surface area contributed by atoms with Crippen molar-refractivity contribution >= 4 is 23.4 Å². The summed E-state index contributed by atoms with van der Waals surface area (Å²) in [5.41, 5.74) is 4.62. The van der Waals surface area contributed by atoms with Gasteiger partial charge in [0.15, 0.2) is 0 Å². The molecule has 1 amide bonds. The Morgan fingerprint density at radius 2 is 1.03 bits per heavy atom. The number of likely N-dealkylation sites (N-methyl/N-ethyl adjacent to an activating group) is 1. The molecule has 0 saturated carbocycles. The number of carbonyl (C=O) groups is 2. The van der Waals surface area contributed by atoms with Gasteiger partial charge >= 0.3 is 18.2 Å². The molecule has 0 unspecified atom stereocenters. The van der Waals surface area contributed by atoms with Crippen LogP contribution < -0.4 is 5.32 Å². The average molecular weight is 869 g/mol. The van der Waals surface area contributed by atoms with Gasteiger partial charge in [-0.05, 0) is 52.6 Å². The van der Waals surface area contributed by atoms with E-state index in [-0.39, 0.29) is 43.1 Å². The van der Waals surface area contributed by atoms with Crippen LogP contribution in [0.3, 0.4) is 0 Å². The molecule has 1 aliphatic rings. The second kappa shape index (κ2) is 26.4. The van der Waals surface area contributed by atoms with Crippen LogP contribution in [0.15, 0.2) is 97.1 Å². The Bertz CT molecular complexity index is 1900. The molecule has 0 bridgehead atoms. The van der Waals surface area contributed by atoms with Crippen molar-refractivity contribution < 1.29 is 65.4 Å². The summed E-state index contributed by atoms with van der Waals surface area (Å²) in [6.45, 7) is 5.92. The summed E-state index contributed by atoms with van der Waals surface area (Å²) in [6, 6.07) is 27.6. The predicted molar refractivity (Wildman–Crippen MR) is 225 cm³/mol. The molecule has 0 heterocycles. The zero-order valence-electron chi connectivity index (χ0n) is 34.9. The van der Waals surface area contributed by atoms with Gasteiger partial charge in [0.2, 0.25) is 0 Å². The molecule has 0 aromatic heterocycles. The smallest absolute Gasteiger partial charge is 0.416 e. The molecule has 0 spiro atoms. The number of anilines is 2. The molecular weight excluding hydrogens is 814 g/mol. The van der Waals surface area contributed by atoms with Crippen molar-refractivity contribution in [2.24, 2.45) is 0 Å². The quantitative estimate of drug-likeness (QED) is 0.0426. The van der Waals surface area contributed by atoms with Crippen molar-refractivity contribution in [1.82, 2.24) is 4.90 Å². The Labute approximate surface area is 360 Å². The molecule has 4 aromatic carbocycles. The summed E-state index contributed by atoms with van der Waals surface area (Å²) < 4.78 is 88.8. The highest BCUT2D eigenvalue weighted by Crippen LogP contribution is 2.44. The molecule has 0 fully saturated rings. The highest BCUT2D eigenvalue weighted by Gasteiger charge is 2.31. The van der Waals surface area contributed by atoms with Crippen LogP contribution in [-0.2, 0) is 48.8 Å². The zero-order chi connectivity index (χ0) is 43.8. The number of nitrogens with one attached hydrogen (secondary N) is 1. The number of benzene rings is 4. The monoisotopic (exact) mass is 868 g/mol. The number of rotatable bonds is 29. The van der Waals surface area contributed by atoms with Crippen LogP contribution in [0.2, 0.25) is 0 Å². The van der Waals surface area contributed by atoms with Gasteiger partial charge in [-0.2, -0.15) is 13.2 Å². The third-order valence-corrected chi connectivity index (χ3v) is 9.53. The van der Waals surface area contributed by atoms with Gasteiger partial charge in [-0.15, -0.1) is 0 Å². The van der Waals surface area contributed by atoms with Crippen molar-refractivity contribution in [2.75, 3.05) is 125 Å². The second-order valence-corrected chi connectivity index (χ2v) is 13.9. The maximum absolute atomic E-state index is 13.1. The molecule has 5 rings (SSSR count). The van der Waals surface area contributed by atoms with Crippen LogP contribution in [0.5, 0.6) is 0 Å². The van der Waals surface area contributed by atoms with Crippen LogP contribution in [0.25, 0.3) is 11.1 Å². The first-order valence-corrected chi connectivity index (χ1v) is 20.5. The van der Waals surface area contributed by atoms with Crippen LogP contribution in [-0.4, -0.2) is 136 Å². The van der Waals surface area contributed by atoms with Crippen LogP contribution >= 0.6 is 0 Å². The zero-order valence-corrected chi connectivity index (χ0v) is 34.9. The molecular formula is C46H55F3N2O11. The van der Waals surface area contributed by atoms with E-state index >= 15 is 0 Å². The molecule has 4 aromatic rings. The minimum atomic E-state index is -4.48. The van der Waals surface area contributed by atoms with E-state index < -0.39 is 17.7 Å². The second-order valence-electron chi connectivity index (χ2n) is 13.9. The summed E-state index contributed by atoms with van der Waals surface area (Å²) in [5, 5.41) is 2.86. The fourth-order valence-electron chi connectivity index (χ4n) is 6.39. The number of hydrogen-bond donors (Lipinski definition) is 1. The number of esters is 1. The highest BCUT2D eigenvalue weighted by atomic mass is 19.4. The average Bonchev–Trinajstić information content (AvgIpc) is 3.60. The fourth-order valence-corrected chi connectivity index (χ4v) is 6.39. The van der Waals surface area contributed by atoms with E-state index in [0.29, 0.717) is 98.1 Å². The third-order valence-electron chi connectivity index (χ3n) is 9.53. The molecule has 16 heteroatoms. The number of para-hydroxylation sites is 1. The number of fused-ring (bicyclic) bond motifs is 3. The lowest BCUT2D eigenvalue weighted by Gasteiger charge is -2.19. The van der Waals surface area contributed by atoms with Crippen molar-refractivity contribution in [1.29, 1.82) is 0 Å². The molecule has 0 aliphatic heterocycles. The van der Waals surface area contributed by atoms with E-state index in [4.69, 9.17) is 42.6 Å². The maximum atomic E-state index is 13.1. The lowest BCUT2D eigenvalue weighted by Crippen LogP contribution is -2.32. The molecule has 62 heavy (non-hydrogen) atoms. The van der Waals surface area contributed by atoms with Gasteiger partial charge < -0.3 is 52.8 Å². The number of ether oxygens (including phenoxy) is 9. The molecule has 1 N–H and O–H groups in total. The first-order valence-electron chi connectivity index (χ1n) is 20.5. The van der Waals surface area contributed by atoms with E-state index in [0.717, 1.165) is 12.1 Å². The van der Waals surface area contributed by atoms with E-state index in [9.17, 15) is 22.8 Å². The van der Waals surface area contributed by atoms with E-state index in [1.807, 2.05) is 24.3 Å². The lowest BCUT2D eigenvalue weighted by molar-refractivity contribution is -0.137. The van der Waals surface area contributed by atoms with Crippen LogP contribution in [0.1, 0.15) is 33.0 Å². The van der Waals surface area contributed by atoms with Crippen LogP contribution in [0.4, 0.5) is 29.3 Å². The minimum absolute atomic E-state index is 0.00973. The molecule has 0 radical (unpaired) electrons. The van der Waals surface area contributed by atoms with E-state index in [1.165, 1.54) is 45.4 Å². The standard InChI is InChI=1S/C46H55F3N2O11/c1-51(45(53)62-34-42-39-13-4-2-11-37(39)38-12-3-5-14-40(38)42)17-18-54-19-20-55-21-22-56-23-24-57-25-26-58-27-28-59-29-30-60-31-32-61-44(52)41-15-6-7-16-43(41)50-36-10-8-9-35(33-36)46(47,48)49/h2-16,33,42,50H,17-32,34H2,1H3. The maximum Gasteiger partial charge on any atom is 0.416 e. The molecule has 336 valence electrons. The van der Waals surface area contributed by atoms with Crippen molar-refractivity contribution in [3.63, 3.8) is 0 Å². The predicted octanol–water partition coefficient (Wildman–Crippen LogP) is 7.60. The third kappa shape index (κ3) is 16.0. The van der Waals surface area contributed by atoms with Gasteiger partial charge in [0.05, 0.1) is 109 Å². The Hall–Kier alpha value is -5.07. The van der Waals surface area contributed by atoms with Gasteiger partial charge in [-0.1, -0.05) is 66.7 Å². The number of nitrogens with zero attached hydrogens (tertiary/aromatic N) is 1. The van der Waals surface area contributed by atoms with Gasteiger partial charge in [-0.25, -0.2) is 9.59 Å². The van der Waals surface area contributed by atoms with Gasteiger partial charge in [0, 0.05) is 25.2 Å². The Balaban J connectivity index is 0.752. The number of amides is 1. The fraction of sp³-hybridized carbons (Fsp3) is 0.435. The van der Waals surface area contributed by atoms with E-state index in [1.54, 1.807) is 25.2 Å². The summed E-state index contributed by atoms with van der Waals surface area (Å²) in [6.07, 6.45) is -4.87. The summed E-state index contributed by atoms with van der Waals surface area (Å²) in [5.74, 6) is -0.615. The topological polar surface area (TPSA) is 132 Å². The van der Waals surface area contributed by atoms with Crippen molar-refractivity contribution in [3.05, 3.63) is 119 Å². The minimum Gasteiger partial charge on any atom is -0.460 e. The molecule has 1 aliphatic carbocycles. The number of alkyl halides is 3. The Kier molecular flexibility index (Phi) is 20.4. The highest BCUT2D eigenvalue weighted by molar-refractivity contribution is 5.96. The first-order chi connectivity index (χ1) is 30.2. The molecule has 13 nitrogen and oxygen atoms in total. The van der Waals surface area contributed by atoms with Gasteiger partial charge in [-0.3, -0.25) is 0 Å². The lowest BCUT2D eigenvalue weighted by atomic mass is 9.98. The Morgan fingerprint density at radius 3 is 1.56 bits per heavy atom. The molecule has 0 saturated heterocycles. The summed E-state index contributed by atoms with van der Waals surface area (Å²) in [4.78, 5) is 26.8. The molecule has 0 atom stereocenters.